The van der Waals surface area contributed by atoms with Crippen LogP contribution in [-0.4, -0.2) is 49.8 Å². The fourth-order valence-electron chi connectivity index (χ4n) is 6.00. The molecule has 44 heavy (non-hydrogen) atoms. The lowest BCUT2D eigenvalue weighted by molar-refractivity contribution is -0.165. The van der Waals surface area contributed by atoms with E-state index in [1.54, 1.807) is 10.9 Å². The number of carbonyl (C=O) groups excluding carboxylic acids is 2. The van der Waals surface area contributed by atoms with Gasteiger partial charge >= 0.3 is 11.9 Å². The fourth-order valence-corrected chi connectivity index (χ4v) is 6.00. The number of fused-ring (bicyclic) bond motifs is 1. The molecule has 224 valence electrons. The number of nitrogens with one attached hydrogen (secondary N) is 1. The number of ether oxygens (including phenoxy) is 3. The minimum atomic E-state index is -0.901. The van der Waals surface area contributed by atoms with Crippen molar-refractivity contribution in [3.05, 3.63) is 120 Å². The standard InChI is InChI=1S/C34H33N5O5/c1-4-27-29(42-22(2)40)30(43-23(3)41)33(44-27)39-21-37-28-31(35-20-36-32(28)39)38-34(24-14-8-5-9-15-24,25-16-10-6-11-17-25)26-18-12-7-13-19-26/h5-21,27,29-30,33H,4H2,1-3H3,(H,35,36,38)/t27-,29?,30+,33-/m1/s1. The second-order valence-corrected chi connectivity index (χ2v) is 10.6. The number of nitrogens with zero attached hydrogens (tertiary/aromatic N) is 4. The molecule has 2 aromatic heterocycles. The molecule has 1 fully saturated rings. The summed E-state index contributed by atoms with van der Waals surface area (Å²) in [4.78, 5) is 38.1. The van der Waals surface area contributed by atoms with E-state index in [2.05, 4.69) is 51.7 Å². The number of hydrogen-bond acceptors (Lipinski definition) is 9. The Kier molecular flexibility index (Phi) is 8.08. The van der Waals surface area contributed by atoms with Gasteiger partial charge in [-0.3, -0.25) is 14.2 Å². The van der Waals surface area contributed by atoms with E-state index in [4.69, 9.17) is 19.2 Å². The minimum Gasteiger partial charge on any atom is -0.456 e. The number of rotatable bonds is 9. The molecule has 0 radical (unpaired) electrons. The summed E-state index contributed by atoms with van der Waals surface area (Å²) >= 11 is 0. The largest absolute Gasteiger partial charge is 0.456 e. The predicted molar refractivity (Wildman–Crippen MR) is 163 cm³/mol. The van der Waals surface area contributed by atoms with Crippen LogP contribution >= 0.6 is 0 Å². The maximum Gasteiger partial charge on any atom is 0.303 e. The van der Waals surface area contributed by atoms with E-state index in [1.165, 1.54) is 20.2 Å². The van der Waals surface area contributed by atoms with E-state index < -0.39 is 42.0 Å². The maximum absolute atomic E-state index is 12.1. The van der Waals surface area contributed by atoms with E-state index in [1.807, 2.05) is 61.5 Å². The molecular weight excluding hydrogens is 558 g/mol. The molecule has 3 heterocycles. The quantitative estimate of drug-likeness (QED) is 0.178. The number of hydrogen-bond donors (Lipinski definition) is 1. The first-order chi connectivity index (χ1) is 21.4. The average Bonchev–Trinajstić information content (AvgIpc) is 3.62. The van der Waals surface area contributed by atoms with Gasteiger partial charge in [0.15, 0.2) is 35.4 Å². The second kappa shape index (κ2) is 12.3. The summed E-state index contributed by atoms with van der Waals surface area (Å²) in [5, 5.41) is 3.76. The van der Waals surface area contributed by atoms with Crippen LogP contribution in [0.15, 0.2) is 104 Å². The van der Waals surface area contributed by atoms with Crippen molar-refractivity contribution in [3.8, 4) is 0 Å². The van der Waals surface area contributed by atoms with Crippen molar-refractivity contribution in [2.45, 2.75) is 57.3 Å². The van der Waals surface area contributed by atoms with E-state index >= 15 is 0 Å². The lowest BCUT2D eigenvalue weighted by Gasteiger charge is -2.37. The predicted octanol–water partition coefficient (Wildman–Crippen LogP) is 5.40. The molecule has 0 saturated carbocycles. The van der Waals surface area contributed by atoms with Gasteiger partial charge in [-0.25, -0.2) is 15.0 Å². The summed E-state index contributed by atoms with van der Waals surface area (Å²) in [6.07, 6.45) is 0.575. The zero-order valence-corrected chi connectivity index (χ0v) is 24.7. The molecule has 1 aliphatic heterocycles. The van der Waals surface area contributed by atoms with Gasteiger partial charge in [0.05, 0.1) is 6.33 Å². The highest BCUT2D eigenvalue weighted by Crippen LogP contribution is 2.42. The van der Waals surface area contributed by atoms with Gasteiger partial charge in [0.25, 0.3) is 0 Å². The number of aromatic nitrogens is 4. The molecule has 0 amide bonds. The molecule has 3 aromatic carbocycles. The topological polar surface area (TPSA) is 117 Å². The van der Waals surface area contributed by atoms with Crippen LogP contribution in [-0.2, 0) is 29.3 Å². The third-order valence-electron chi connectivity index (χ3n) is 7.85. The van der Waals surface area contributed by atoms with Gasteiger partial charge in [0.2, 0.25) is 0 Å². The molecule has 4 atom stereocenters. The summed E-state index contributed by atoms with van der Waals surface area (Å²) in [6, 6.07) is 30.5. The first kappa shape index (κ1) is 29.0. The van der Waals surface area contributed by atoms with Gasteiger partial charge in [-0.1, -0.05) is 97.9 Å². The molecule has 1 unspecified atom stereocenters. The van der Waals surface area contributed by atoms with Gasteiger partial charge in [0, 0.05) is 13.8 Å². The average molecular weight is 592 g/mol. The van der Waals surface area contributed by atoms with Crippen LogP contribution in [0.1, 0.15) is 50.1 Å². The summed E-state index contributed by atoms with van der Waals surface area (Å²) in [5.74, 6) is -0.508. The Hall–Kier alpha value is -5.09. The first-order valence-corrected chi connectivity index (χ1v) is 14.5. The monoisotopic (exact) mass is 591 g/mol. The lowest BCUT2D eigenvalue weighted by atomic mass is 9.77. The summed E-state index contributed by atoms with van der Waals surface area (Å²) < 4.78 is 19.3. The van der Waals surface area contributed by atoms with Crippen molar-refractivity contribution < 1.29 is 23.8 Å². The molecule has 10 nitrogen and oxygen atoms in total. The van der Waals surface area contributed by atoms with Gasteiger partial charge in [-0.15, -0.1) is 0 Å². The Morgan fingerprint density at radius 1 is 0.795 bits per heavy atom. The molecule has 5 aromatic rings. The van der Waals surface area contributed by atoms with Crippen molar-refractivity contribution in [2.75, 3.05) is 5.32 Å². The number of anilines is 1. The summed E-state index contributed by atoms with van der Waals surface area (Å²) in [6.45, 7) is 4.55. The van der Waals surface area contributed by atoms with Crippen molar-refractivity contribution in [1.82, 2.24) is 19.5 Å². The van der Waals surface area contributed by atoms with Gasteiger partial charge < -0.3 is 19.5 Å². The molecule has 0 bridgehead atoms. The molecule has 6 rings (SSSR count). The Bertz CT molecular complexity index is 1650. The molecule has 1 saturated heterocycles. The van der Waals surface area contributed by atoms with E-state index in [9.17, 15) is 9.59 Å². The number of carbonyl (C=O) groups is 2. The van der Waals surface area contributed by atoms with Crippen molar-refractivity contribution >= 4 is 28.9 Å². The number of imidazole rings is 1. The van der Waals surface area contributed by atoms with E-state index in [0.29, 0.717) is 23.4 Å². The fraction of sp³-hybridized carbons (Fsp3) is 0.265. The van der Waals surface area contributed by atoms with Crippen LogP contribution in [0.25, 0.3) is 11.2 Å². The highest BCUT2D eigenvalue weighted by molar-refractivity contribution is 5.84. The molecule has 10 heteroatoms. The smallest absolute Gasteiger partial charge is 0.303 e. The van der Waals surface area contributed by atoms with Crippen LogP contribution in [0.4, 0.5) is 5.82 Å². The van der Waals surface area contributed by atoms with Crippen molar-refractivity contribution in [2.24, 2.45) is 0 Å². The Labute approximate surface area is 255 Å². The minimum absolute atomic E-state index is 0.464. The lowest BCUT2D eigenvalue weighted by Crippen LogP contribution is -2.38. The summed E-state index contributed by atoms with van der Waals surface area (Å²) in [5.41, 5.74) is 3.14. The third kappa shape index (κ3) is 5.28. The van der Waals surface area contributed by atoms with Crippen LogP contribution in [0.2, 0.25) is 0 Å². The Morgan fingerprint density at radius 2 is 1.32 bits per heavy atom. The maximum atomic E-state index is 12.1. The highest BCUT2D eigenvalue weighted by Gasteiger charge is 2.50. The van der Waals surface area contributed by atoms with E-state index in [-0.39, 0.29) is 0 Å². The molecular formula is C34H33N5O5. The zero-order valence-electron chi connectivity index (χ0n) is 24.7. The molecule has 1 aliphatic rings. The number of esters is 2. The molecule has 0 spiro atoms. The SMILES string of the molecule is CC[C@H]1O[C@@H](n2cnc3c(NC(c4ccccc4)(c4ccccc4)c4ccccc4)ncnc32)[C@@H](OC(C)=O)C1OC(C)=O. The van der Waals surface area contributed by atoms with Crippen molar-refractivity contribution in [3.63, 3.8) is 0 Å². The highest BCUT2D eigenvalue weighted by atomic mass is 16.6. The summed E-state index contributed by atoms with van der Waals surface area (Å²) in [7, 11) is 0. The Balaban J connectivity index is 1.49. The van der Waals surface area contributed by atoms with Crippen LogP contribution in [0, 0.1) is 0 Å². The van der Waals surface area contributed by atoms with Crippen LogP contribution < -0.4 is 5.32 Å². The molecule has 0 aliphatic carbocycles. The zero-order chi connectivity index (χ0) is 30.7. The number of benzene rings is 3. The molecule has 1 N–H and O–H groups in total. The van der Waals surface area contributed by atoms with Gasteiger partial charge in [-0.05, 0) is 23.1 Å². The van der Waals surface area contributed by atoms with Crippen LogP contribution in [0.3, 0.4) is 0 Å². The first-order valence-electron chi connectivity index (χ1n) is 14.5. The second-order valence-electron chi connectivity index (χ2n) is 10.6. The normalized spacial score (nSPS) is 19.9. The van der Waals surface area contributed by atoms with Crippen molar-refractivity contribution in [1.29, 1.82) is 0 Å². The van der Waals surface area contributed by atoms with Gasteiger partial charge in [-0.2, -0.15) is 0 Å². The Morgan fingerprint density at radius 3 is 1.82 bits per heavy atom. The van der Waals surface area contributed by atoms with Gasteiger partial charge in [0.1, 0.15) is 18.0 Å². The third-order valence-corrected chi connectivity index (χ3v) is 7.85. The van der Waals surface area contributed by atoms with E-state index in [0.717, 1.165) is 16.7 Å². The van der Waals surface area contributed by atoms with Crippen LogP contribution in [0.5, 0.6) is 0 Å².